The first-order valence-electron chi connectivity index (χ1n) is 9.04. The monoisotopic (exact) mass is 358 g/mol. The molecule has 7 heteroatoms. The van der Waals surface area contributed by atoms with E-state index < -0.39 is 0 Å². The molecule has 0 aliphatic carbocycles. The molecule has 2 aromatic rings. The molecule has 1 N–H and O–H groups in total. The van der Waals surface area contributed by atoms with Crippen LogP contribution in [0.2, 0.25) is 0 Å². The molecule has 1 aromatic heterocycles. The number of ether oxygens (including phenoxy) is 1. The van der Waals surface area contributed by atoms with Crippen molar-refractivity contribution >= 4 is 11.6 Å². The third-order valence-corrected chi connectivity index (χ3v) is 4.61. The lowest BCUT2D eigenvalue weighted by atomic mass is 9.97. The number of hydrogen-bond donors (Lipinski definition) is 1. The minimum atomic E-state index is -0.0170. The van der Waals surface area contributed by atoms with Crippen molar-refractivity contribution < 1.29 is 13.9 Å². The summed E-state index contributed by atoms with van der Waals surface area (Å²) in [6.07, 6.45) is 1.85. The van der Waals surface area contributed by atoms with Gasteiger partial charge in [-0.1, -0.05) is 19.9 Å². The van der Waals surface area contributed by atoms with E-state index in [9.17, 15) is 4.79 Å². The fourth-order valence-electron chi connectivity index (χ4n) is 3.09. The van der Waals surface area contributed by atoms with E-state index in [-0.39, 0.29) is 17.7 Å². The third kappa shape index (κ3) is 4.60. The van der Waals surface area contributed by atoms with E-state index in [4.69, 9.17) is 9.15 Å². The standard InChI is InChI=1S/C19H26N4O3/c1-13(2)18-21-22-19(26-18)14-7-9-23(10-8-14)12-17(24)20-15-5-4-6-16(11-15)25-3/h4-6,11,13-14H,7-10,12H2,1-3H3,(H,20,24). The Morgan fingerprint density at radius 1 is 1.35 bits per heavy atom. The predicted octanol–water partition coefficient (Wildman–Crippen LogP) is 3.02. The lowest BCUT2D eigenvalue weighted by molar-refractivity contribution is -0.117. The van der Waals surface area contributed by atoms with Crippen molar-refractivity contribution in [3.8, 4) is 5.75 Å². The summed E-state index contributed by atoms with van der Waals surface area (Å²) < 4.78 is 10.9. The Bertz CT molecular complexity index is 736. The molecule has 0 radical (unpaired) electrons. The van der Waals surface area contributed by atoms with Crippen LogP contribution in [0.4, 0.5) is 5.69 Å². The molecule has 3 rings (SSSR count). The lowest BCUT2D eigenvalue weighted by Gasteiger charge is -2.29. The molecule has 7 nitrogen and oxygen atoms in total. The van der Waals surface area contributed by atoms with Crippen molar-refractivity contribution in [3.05, 3.63) is 36.0 Å². The van der Waals surface area contributed by atoms with Crippen molar-refractivity contribution in [2.75, 3.05) is 32.1 Å². The van der Waals surface area contributed by atoms with Crippen LogP contribution in [0.3, 0.4) is 0 Å². The van der Waals surface area contributed by atoms with Crippen LogP contribution in [0.5, 0.6) is 5.75 Å². The maximum absolute atomic E-state index is 12.3. The van der Waals surface area contributed by atoms with Crippen LogP contribution in [0, 0.1) is 0 Å². The summed E-state index contributed by atoms with van der Waals surface area (Å²) in [6.45, 7) is 6.15. The molecule has 0 unspecified atom stereocenters. The molecule has 1 saturated heterocycles. The van der Waals surface area contributed by atoms with Crippen LogP contribution in [-0.2, 0) is 4.79 Å². The highest BCUT2D eigenvalue weighted by molar-refractivity contribution is 5.92. The average molecular weight is 358 g/mol. The first-order chi connectivity index (χ1) is 12.5. The zero-order chi connectivity index (χ0) is 18.5. The van der Waals surface area contributed by atoms with Gasteiger partial charge in [-0.15, -0.1) is 10.2 Å². The molecule has 0 atom stereocenters. The van der Waals surface area contributed by atoms with Gasteiger partial charge in [0.25, 0.3) is 0 Å². The Balaban J connectivity index is 1.47. The van der Waals surface area contributed by atoms with Crippen molar-refractivity contribution in [1.82, 2.24) is 15.1 Å². The lowest BCUT2D eigenvalue weighted by Crippen LogP contribution is -2.38. The van der Waals surface area contributed by atoms with Crippen molar-refractivity contribution in [1.29, 1.82) is 0 Å². The molecular weight excluding hydrogens is 332 g/mol. The second-order valence-corrected chi connectivity index (χ2v) is 6.96. The number of nitrogens with one attached hydrogen (secondary N) is 1. The zero-order valence-corrected chi connectivity index (χ0v) is 15.6. The van der Waals surface area contributed by atoms with Crippen LogP contribution in [0.15, 0.2) is 28.7 Å². The summed E-state index contributed by atoms with van der Waals surface area (Å²) >= 11 is 0. The number of methoxy groups -OCH3 is 1. The van der Waals surface area contributed by atoms with E-state index >= 15 is 0 Å². The molecule has 26 heavy (non-hydrogen) atoms. The number of carbonyl (C=O) groups is 1. The SMILES string of the molecule is COc1cccc(NC(=O)CN2CCC(c3nnc(C(C)C)o3)CC2)c1. The van der Waals surface area contributed by atoms with Crippen LogP contribution in [0.1, 0.15) is 50.3 Å². The Kier molecular flexibility index (Phi) is 5.88. The second kappa shape index (κ2) is 8.31. The first-order valence-corrected chi connectivity index (χ1v) is 9.04. The second-order valence-electron chi connectivity index (χ2n) is 6.96. The molecule has 1 amide bonds. The van der Waals surface area contributed by atoms with Gasteiger partial charge in [-0.2, -0.15) is 0 Å². The van der Waals surface area contributed by atoms with Crippen molar-refractivity contribution in [2.24, 2.45) is 0 Å². The molecule has 0 saturated carbocycles. The molecule has 1 fully saturated rings. The third-order valence-electron chi connectivity index (χ3n) is 4.61. The topological polar surface area (TPSA) is 80.5 Å². The summed E-state index contributed by atoms with van der Waals surface area (Å²) in [6, 6.07) is 7.37. The summed E-state index contributed by atoms with van der Waals surface area (Å²) in [5.74, 6) is 2.67. The van der Waals surface area contributed by atoms with Crippen LogP contribution >= 0.6 is 0 Å². The number of amides is 1. The Labute approximate surface area is 153 Å². The number of anilines is 1. The minimum absolute atomic E-state index is 0.0170. The summed E-state index contributed by atoms with van der Waals surface area (Å²) in [4.78, 5) is 14.4. The summed E-state index contributed by atoms with van der Waals surface area (Å²) in [7, 11) is 1.61. The molecular formula is C19H26N4O3. The number of nitrogens with zero attached hydrogens (tertiary/aromatic N) is 3. The molecule has 1 aliphatic rings. The Morgan fingerprint density at radius 3 is 2.77 bits per heavy atom. The van der Waals surface area contributed by atoms with Gasteiger partial charge in [0.1, 0.15) is 5.75 Å². The van der Waals surface area contributed by atoms with Crippen molar-refractivity contribution in [2.45, 2.75) is 38.5 Å². The largest absolute Gasteiger partial charge is 0.497 e. The fraction of sp³-hybridized carbons (Fsp3) is 0.526. The average Bonchev–Trinajstić information content (AvgIpc) is 3.13. The van der Waals surface area contributed by atoms with E-state index in [0.29, 0.717) is 12.4 Å². The number of carbonyl (C=O) groups excluding carboxylic acids is 1. The highest BCUT2D eigenvalue weighted by Crippen LogP contribution is 2.28. The van der Waals surface area contributed by atoms with Gasteiger partial charge in [0, 0.05) is 23.6 Å². The summed E-state index contributed by atoms with van der Waals surface area (Å²) in [5, 5.41) is 11.2. The van der Waals surface area contributed by atoms with E-state index in [0.717, 1.165) is 43.3 Å². The van der Waals surface area contributed by atoms with Gasteiger partial charge >= 0.3 is 0 Å². The van der Waals surface area contributed by atoms with E-state index in [1.165, 1.54) is 0 Å². The normalized spacial score (nSPS) is 16.0. The molecule has 140 valence electrons. The highest BCUT2D eigenvalue weighted by Gasteiger charge is 2.26. The number of hydrogen-bond acceptors (Lipinski definition) is 6. The van der Waals surface area contributed by atoms with Gasteiger partial charge in [-0.3, -0.25) is 9.69 Å². The highest BCUT2D eigenvalue weighted by atomic mass is 16.5. The van der Waals surface area contributed by atoms with Crippen LogP contribution in [-0.4, -0.2) is 47.7 Å². The summed E-state index contributed by atoms with van der Waals surface area (Å²) in [5.41, 5.74) is 0.747. The molecule has 1 aromatic carbocycles. The number of aromatic nitrogens is 2. The van der Waals surface area contributed by atoms with Crippen LogP contribution in [0.25, 0.3) is 0 Å². The number of benzene rings is 1. The molecule has 0 spiro atoms. The van der Waals surface area contributed by atoms with Gasteiger partial charge in [-0.05, 0) is 38.1 Å². The van der Waals surface area contributed by atoms with E-state index in [1.807, 2.05) is 38.1 Å². The number of piperidine rings is 1. The Morgan fingerprint density at radius 2 is 2.12 bits per heavy atom. The number of rotatable bonds is 6. The van der Waals surface area contributed by atoms with E-state index in [1.54, 1.807) is 7.11 Å². The number of likely N-dealkylation sites (tertiary alicyclic amines) is 1. The van der Waals surface area contributed by atoms with Gasteiger partial charge in [0.05, 0.1) is 13.7 Å². The van der Waals surface area contributed by atoms with Gasteiger partial charge in [0.2, 0.25) is 17.7 Å². The maximum Gasteiger partial charge on any atom is 0.238 e. The van der Waals surface area contributed by atoms with Gasteiger partial charge < -0.3 is 14.5 Å². The minimum Gasteiger partial charge on any atom is -0.497 e. The van der Waals surface area contributed by atoms with Crippen LogP contribution < -0.4 is 10.1 Å². The quantitative estimate of drug-likeness (QED) is 0.855. The predicted molar refractivity (Wildman–Crippen MR) is 98.4 cm³/mol. The maximum atomic E-state index is 12.3. The van der Waals surface area contributed by atoms with Gasteiger partial charge in [0.15, 0.2) is 0 Å². The molecule has 2 heterocycles. The zero-order valence-electron chi connectivity index (χ0n) is 15.6. The van der Waals surface area contributed by atoms with Gasteiger partial charge in [-0.25, -0.2) is 0 Å². The first kappa shape index (κ1) is 18.4. The smallest absolute Gasteiger partial charge is 0.238 e. The fourth-order valence-corrected chi connectivity index (χ4v) is 3.09. The Hall–Kier alpha value is -2.41. The molecule has 1 aliphatic heterocycles. The molecule has 0 bridgehead atoms. The van der Waals surface area contributed by atoms with E-state index in [2.05, 4.69) is 20.4 Å². The van der Waals surface area contributed by atoms with Crippen molar-refractivity contribution in [3.63, 3.8) is 0 Å².